The first-order valence-electron chi connectivity index (χ1n) is 6.94. The van der Waals surface area contributed by atoms with Gasteiger partial charge in [0.2, 0.25) is 5.91 Å². The van der Waals surface area contributed by atoms with Crippen molar-refractivity contribution in [3.05, 3.63) is 62.6 Å². The summed E-state index contributed by atoms with van der Waals surface area (Å²) in [5.74, 6) is -3.45. The lowest BCUT2D eigenvalue weighted by Crippen LogP contribution is -2.29. The minimum absolute atomic E-state index is 0.113. The van der Waals surface area contributed by atoms with Gasteiger partial charge in [0, 0.05) is 11.0 Å². The van der Waals surface area contributed by atoms with Crippen molar-refractivity contribution < 1.29 is 18.5 Å². The van der Waals surface area contributed by atoms with E-state index in [1.807, 2.05) is 0 Å². The summed E-state index contributed by atoms with van der Waals surface area (Å²) >= 11 is 0.240. The van der Waals surface area contributed by atoms with Gasteiger partial charge in [0.15, 0.2) is 0 Å². The highest BCUT2D eigenvalue weighted by molar-refractivity contribution is 7.99. The van der Waals surface area contributed by atoms with E-state index in [1.165, 1.54) is 30.3 Å². The second-order valence-electron chi connectivity index (χ2n) is 4.84. The quantitative estimate of drug-likeness (QED) is 0.467. The first-order valence-corrected chi connectivity index (χ1v) is 7.82. The predicted molar refractivity (Wildman–Crippen MR) is 89.0 cm³/mol. The molecule has 0 radical (unpaired) electrons. The van der Waals surface area contributed by atoms with Crippen molar-refractivity contribution in [2.45, 2.75) is 17.2 Å². The zero-order chi connectivity index (χ0) is 19.3. The van der Waals surface area contributed by atoms with Crippen molar-refractivity contribution in [1.82, 2.24) is 4.57 Å². The molecule has 0 aliphatic rings. The first kappa shape index (κ1) is 19.1. The Kier molecular flexibility index (Phi) is 6.03. The summed E-state index contributed by atoms with van der Waals surface area (Å²) in [6.07, 6.45) is 0.836. The van der Waals surface area contributed by atoms with Gasteiger partial charge in [0.05, 0.1) is 16.8 Å². The summed E-state index contributed by atoms with van der Waals surface area (Å²) in [5, 5.41) is 22.1. The highest BCUT2D eigenvalue weighted by atomic mass is 32.2. The van der Waals surface area contributed by atoms with E-state index in [2.05, 4.69) is 5.32 Å². The van der Waals surface area contributed by atoms with Gasteiger partial charge < -0.3 is 5.32 Å². The fourth-order valence-corrected chi connectivity index (χ4v) is 2.63. The predicted octanol–water partition coefficient (Wildman–Crippen LogP) is 2.58. The number of aromatic nitrogens is 1. The fourth-order valence-electron chi connectivity index (χ4n) is 2.03. The number of hydrogen-bond donors (Lipinski definition) is 1. The van der Waals surface area contributed by atoms with E-state index in [4.69, 9.17) is 5.26 Å². The molecule has 11 heteroatoms. The van der Waals surface area contributed by atoms with Gasteiger partial charge in [-0.25, -0.2) is 0 Å². The van der Waals surface area contributed by atoms with Crippen molar-refractivity contribution >= 4 is 29.0 Å². The maximum atomic E-state index is 12.6. The molecule has 0 bridgehead atoms. The van der Waals surface area contributed by atoms with Crippen LogP contribution in [0.4, 0.5) is 20.2 Å². The van der Waals surface area contributed by atoms with Crippen molar-refractivity contribution in [1.29, 1.82) is 5.26 Å². The van der Waals surface area contributed by atoms with E-state index in [0.29, 0.717) is 0 Å². The zero-order valence-electron chi connectivity index (χ0n) is 12.9. The molecule has 0 fully saturated rings. The lowest BCUT2D eigenvalue weighted by Gasteiger charge is -2.11. The number of nitrogens with zero attached hydrogens (tertiary/aromatic N) is 3. The minimum atomic E-state index is -2.69. The minimum Gasteiger partial charge on any atom is -0.324 e. The SMILES string of the molecule is N#Cc1cc([N+](=O)[O-])cn(CC(=O)Nc2ccccc2SC(F)F)c1=O. The van der Waals surface area contributed by atoms with Crippen LogP contribution in [0, 0.1) is 21.4 Å². The summed E-state index contributed by atoms with van der Waals surface area (Å²) in [7, 11) is 0. The highest BCUT2D eigenvalue weighted by Crippen LogP contribution is 2.31. The number of rotatable bonds is 6. The van der Waals surface area contributed by atoms with E-state index < -0.39 is 39.9 Å². The van der Waals surface area contributed by atoms with E-state index in [9.17, 15) is 28.5 Å². The van der Waals surface area contributed by atoms with Crippen LogP contribution < -0.4 is 10.9 Å². The molecule has 1 aromatic carbocycles. The molecule has 1 amide bonds. The fraction of sp³-hybridized carbons (Fsp3) is 0.133. The Bertz CT molecular complexity index is 955. The number of para-hydroxylation sites is 1. The van der Waals surface area contributed by atoms with Crippen molar-refractivity contribution in [2.75, 3.05) is 5.32 Å². The van der Waals surface area contributed by atoms with E-state index >= 15 is 0 Å². The van der Waals surface area contributed by atoms with Crippen LogP contribution in [0.2, 0.25) is 0 Å². The highest BCUT2D eigenvalue weighted by Gasteiger charge is 2.17. The zero-order valence-corrected chi connectivity index (χ0v) is 13.7. The van der Waals surface area contributed by atoms with Gasteiger partial charge >= 0.3 is 0 Å². The van der Waals surface area contributed by atoms with Crippen molar-refractivity contribution in [3.63, 3.8) is 0 Å². The molecule has 0 atom stereocenters. The van der Waals surface area contributed by atoms with E-state index in [1.54, 1.807) is 0 Å². The first-order chi connectivity index (χ1) is 12.3. The van der Waals surface area contributed by atoms with Crippen LogP contribution in [0.1, 0.15) is 5.56 Å². The van der Waals surface area contributed by atoms with Crippen LogP contribution in [0.5, 0.6) is 0 Å². The number of nitro groups is 1. The lowest BCUT2D eigenvalue weighted by molar-refractivity contribution is -0.385. The molecule has 0 unspecified atom stereocenters. The number of carbonyl (C=O) groups is 1. The molecule has 2 rings (SSSR count). The third-order valence-electron chi connectivity index (χ3n) is 3.09. The van der Waals surface area contributed by atoms with Gasteiger partial charge in [-0.05, 0) is 12.1 Å². The number of hydrogen-bond acceptors (Lipinski definition) is 6. The molecular weight excluding hydrogens is 370 g/mol. The Labute approximate surface area is 149 Å². The monoisotopic (exact) mass is 380 g/mol. The van der Waals surface area contributed by atoms with Gasteiger partial charge in [-0.3, -0.25) is 24.3 Å². The molecule has 0 saturated heterocycles. The summed E-state index contributed by atoms with van der Waals surface area (Å²) in [5.41, 5.74) is -1.77. The molecule has 0 aliphatic carbocycles. The number of halogens is 2. The standard InChI is InChI=1S/C15H10F2N4O4S/c16-15(17)26-12-4-2-1-3-11(12)19-13(22)8-20-7-10(21(24)25)5-9(6-18)14(20)23/h1-5,7,15H,8H2,(H,19,22). The topological polar surface area (TPSA) is 118 Å². The molecule has 0 spiro atoms. The molecule has 134 valence electrons. The molecule has 1 aromatic heterocycles. The summed E-state index contributed by atoms with van der Waals surface area (Å²) in [6.45, 7) is -0.622. The third-order valence-corrected chi connectivity index (χ3v) is 3.88. The van der Waals surface area contributed by atoms with E-state index in [0.717, 1.165) is 16.8 Å². The Morgan fingerprint density at radius 3 is 2.73 bits per heavy atom. The maximum absolute atomic E-state index is 12.6. The average molecular weight is 380 g/mol. The van der Waals surface area contributed by atoms with Gasteiger partial charge in [-0.2, -0.15) is 14.0 Å². The third kappa shape index (κ3) is 4.64. The molecule has 0 aliphatic heterocycles. The van der Waals surface area contributed by atoms with Crippen LogP contribution in [0.25, 0.3) is 0 Å². The van der Waals surface area contributed by atoms with Gasteiger partial charge in [-0.1, -0.05) is 23.9 Å². The summed E-state index contributed by atoms with van der Waals surface area (Å²) in [4.78, 5) is 34.3. The second kappa shape index (κ2) is 8.21. The number of nitriles is 1. The maximum Gasteiger partial charge on any atom is 0.288 e. The van der Waals surface area contributed by atoms with Crippen molar-refractivity contribution in [2.24, 2.45) is 0 Å². The van der Waals surface area contributed by atoms with Gasteiger partial charge in [-0.15, -0.1) is 0 Å². The number of thioether (sulfide) groups is 1. The molecular formula is C15H10F2N4O4S. The van der Waals surface area contributed by atoms with Crippen LogP contribution in [-0.4, -0.2) is 21.2 Å². The van der Waals surface area contributed by atoms with Crippen LogP contribution in [0.15, 0.2) is 46.2 Å². The smallest absolute Gasteiger partial charge is 0.288 e. The van der Waals surface area contributed by atoms with Crippen LogP contribution in [0.3, 0.4) is 0 Å². The number of benzene rings is 1. The molecule has 1 heterocycles. The van der Waals surface area contributed by atoms with E-state index in [-0.39, 0.29) is 22.3 Å². The molecule has 1 N–H and O–H groups in total. The van der Waals surface area contributed by atoms with Crippen LogP contribution in [-0.2, 0) is 11.3 Å². The lowest BCUT2D eigenvalue weighted by atomic mass is 10.2. The number of amides is 1. The molecule has 0 saturated carbocycles. The number of pyridine rings is 1. The normalized spacial score (nSPS) is 10.4. The molecule has 2 aromatic rings. The Morgan fingerprint density at radius 1 is 1.42 bits per heavy atom. The van der Waals surface area contributed by atoms with Gasteiger partial charge in [0.1, 0.15) is 18.2 Å². The number of carbonyl (C=O) groups excluding carboxylic acids is 1. The largest absolute Gasteiger partial charge is 0.324 e. The van der Waals surface area contributed by atoms with Gasteiger partial charge in [0.25, 0.3) is 17.0 Å². The number of nitrogens with one attached hydrogen (secondary N) is 1. The summed E-state index contributed by atoms with van der Waals surface area (Å²) < 4.78 is 25.8. The number of anilines is 1. The Morgan fingerprint density at radius 2 is 2.12 bits per heavy atom. The van der Waals surface area contributed by atoms with Crippen LogP contribution >= 0.6 is 11.8 Å². The second-order valence-corrected chi connectivity index (χ2v) is 5.87. The average Bonchev–Trinajstić information content (AvgIpc) is 2.57. The molecule has 8 nitrogen and oxygen atoms in total. The Hall–Kier alpha value is -3.26. The molecule has 26 heavy (non-hydrogen) atoms. The number of alkyl halides is 2. The Balaban J connectivity index is 2.27. The van der Waals surface area contributed by atoms with Crippen molar-refractivity contribution in [3.8, 4) is 6.07 Å². The summed E-state index contributed by atoms with van der Waals surface area (Å²) in [6, 6.07) is 8.17.